The molecule has 0 amide bonds. The van der Waals surface area contributed by atoms with Crippen molar-refractivity contribution in [3.63, 3.8) is 0 Å². The van der Waals surface area contributed by atoms with Crippen molar-refractivity contribution in [1.29, 1.82) is 0 Å². The highest BCUT2D eigenvalue weighted by atomic mass is 19.1. The fourth-order valence-corrected chi connectivity index (χ4v) is 0.694. The molecule has 0 aliphatic rings. The molecule has 0 aliphatic carbocycles. The van der Waals surface area contributed by atoms with Gasteiger partial charge in [-0.3, -0.25) is 4.99 Å². The predicted octanol–water partition coefficient (Wildman–Crippen LogP) is 0.483. The van der Waals surface area contributed by atoms with Gasteiger partial charge in [0.05, 0.1) is 0 Å². The van der Waals surface area contributed by atoms with E-state index in [-0.39, 0.29) is 6.67 Å². The van der Waals surface area contributed by atoms with Crippen LogP contribution in [0.15, 0.2) is 4.99 Å². The van der Waals surface area contributed by atoms with Crippen molar-refractivity contribution < 1.29 is 4.39 Å². The number of aliphatic imine (C=N–C) groups is 1. The summed E-state index contributed by atoms with van der Waals surface area (Å²) < 4.78 is 11.7. The van der Waals surface area contributed by atoms with Crippen LogP contribution >= 0.6 is 0 Å². The van der Waals surface area contributed by atoms with Crippen molar-refractivity contribution in [3.05, 3.63) is 0 Å². The fourth-order valence-electron chi connectivity index (χ4n) is 0.694. The molecule has 0 aromatic carbocycles. The van der Waals surface area contributed by atoms with Gasteiger partial charge in [0.25, 0.3) is 0 Å². The highest BCUT2D eigenvalue weighted by Crippen LogP contribution is 1.82. The molecule has 0 aromatic heterocycles. The zero-order valence-electron chi connectivity index (χ0n) is 7.39. The summed E-state index contributed by atoms with van der Waals surface area (Å²) in [6.45, 7) is 2.85. The molecule has 0 radical (unpaired) electrons. The van der Waals surface area contributed by atoms with Crippen molar-refractivity contribution >= 4 is 5.96 Å². The largest absolute Gasteiger partial charge is 0.354 e. The Bertz CT molecular complexity index is 125. The van der Waals surface area contributed by atoms with E-state index >= 15 is 0 Å². The number of nitrogens with one attached hydrogen (secondary N) is 1. The molecular formula is C7H16FN3. The molecule has 0 saturated carbocycles. The molecular weight excluding hydrogens is 145 g/mol. The summed E-state index contributed by atoms with van der Waals surface area (Å²) in [6, 6.07) is 0. The fraction of sp³-hybridized carbons (Fsp3) is 0.857. The molecule has 0 bridgehead atoms. The number of nitrogens with zero attached hydrogens (tertiary/aromatic N) is 2. The molecule has 66 valence electrons. The second kappa shape index (κ2) is 5.95. The maximum atomic E-state index is 11.7. The predicted molar refractivity (Wildman–Crippen MR) is 45.6 cm³/mol. The van der Waals surface area contributed by atoms with Crippen molar-refractivity contribution in [1.82, 2.24) is 10.2 Å². The van der Waals surface area contributed by atoms with Crippen LogP contribution in [0.3, 0.4) is 0 Å². The van der Waals surface area contributed by atoms with Gasteiger partial charge in [0.2, 0.25) is 0 Å². The van der Waals surface area contributed by atoms with Crippen LogP contribution in [0.25, 0.3) is 0 Å². The number of hydrogen-bond acceptors (Lipinski definition) is 1. The Labute approximate surface area is 67.3 Å². The lowest BCUT2D eigenvalue weighted by atomic mass is 10.6. The van der Waals surface area contributed by atoms with Gasteiger partial charge >= 0.3 is 0 Å². The van der Waals surface area contributed by atoms with Crippen LogP contribution in [0, 0.1) is 0 Å². The number of rotatable bonds is 3. The normalized spacial score (nSPS) is 11.5. The summed E-state index contributed by atoms with van der Waals surface area (Å²) in [5.41, 5.74) is 0. The molecule has 0 saturated heterocycles. The highest BCUT2D eigenvalue weighted by molar-refractivity contribution is 5.79. The molecule has 4 heteroatoms. The van der Waals surface area contributed by atoms with Gasteiger partial charge in [0.1, 0.15) is 6.67 Å². The lowest BCUT2D eigenvalue weighted by Crippen LogP contribution is -2.39. The Morgan fingerprint density at radius 1 is 1.64 bits per heavy atom. The van der Waals surface area contributed by atoms with Crippen LogP contribution in [0.1, 0.15) is 6.92 Å². The standard InChI is InChI=1S/C7H16FN3/c1-4-11(3)7(9-2)10-6-5-8/h4-6H2,1-3H3,(H,9,10). The van der Waals surface area contributed by atoms with E-state index in [0.29, 0.717) is 6.54 Å². The summed E-state index contributed by atoms with van der Waals surface area (Å²) in [7, 11) is 3.60. The number of hydrogen-bond donors (Lipinski definition) is 1. The van der Waals surface area contributed by atoms with Crippen LogP contribution in [0.2, 0.25) is 0 Å². The summed E-state index contributed by atoms with van der Waals surface area (Å²) in [6.07, 6.45) is 0. The number of alkyl halides is 1. The molecule has 3 nitrogen and oxygen atoms in total. The van der Waals surface area contributed by atoms with Gasteiger partial charge in [-0.05, 0) is 6.92 Å². The van der Waals surface area contributed by atoms with Gasteiger partial charge in [-0.25, -0.2) is 4.39 Å². The van der Waals surface area contributed by atoms with Crippen molar-refractivity contribution in [2.24, 2.45) is 4.99 Å². The lowest BCUT2D eigenvalue weighted by molar-refractivity contribution is 0.465. The minimum absolute atomic E-state index is 0.330. The first-order valence-corrected chi connectivity index (χ1v) is 3.74. The van der Waals surface area contributed by atoms with Crippen LogP contribution in [-0.2, 0) is 0 Å². The van der Waals surface area contributed by atoms with Crippen LogP contribution < -0.4 is 5.32 Å². The second-order valence-corrected chi connectivity index (χ2v) is 2.18. The maximum Gasteiger partial charge on any atom is 0.193 e. The minimum atomic E-state index is -0.365. The number of guanidine groups is 1. The van der Waals surface area contributed by atoms with E-state index in [1.807, 2.05) is 18.9 Å². The monoisotopic (exact) mass is 161 g/mol. The average molecular weight is 161 g/mol. The van der Waals surface area contributed by atoms with E-state index in [1.54, 1.807) is 7.05 Å². The topological polar surface area (TPSA) is 27.6 Å². The smallest absolute Gasteiger partial charge is 0.193 e. The first-order chi connectivity index (χ1) is 5.26. The molecule has 0 aliphatic heterocycles. The van der Waals surface area contributed by atoms with E-state index in [1.165, 1.54) is 0 Å². The molecule has 1 N–H and O–H groups in total. The summed E-state index contributed by atoms with van der Waals surface area (Å²) >= 11 is 0. The molecule has 0 unspecified atom stereocenters. The van der Waals surface area contributed by atoms with Gasteiger partial charge in [-0.15, -0.1) is 0 Å². The van der Waals surface area contributed by atoms with Gasteiger partial charge < -0.3 is 10.2 Å². The van der Waals surface area contributed by atoms with E-state index < -0.39 is 0 Å². The molecule has 0 fully saturated rings. The number of halogens is 1. The van der Waals surface area contributed by atoms with Crippen molar-refractivity contribution in [2.45, 2.75) is 6.92 Å². The van der Waals surface area contributed by atoms with Gasteiger partial charge in [0.15, 0.2) is 5.96 Å². The molecule has 11 heavy (non-hydrogen) atoms. The molecule has 0 aromatic rings. The van der Waals surface area contributed by atoms with Crippen LogP contribution in [-0.4, -0.2) is 44.7 Å². The highest BCUT2D eigenvalue weighted by Gasteiger charge is 2.00. The lowest BCUT2D eigenvalue weighted by Gasteiger charge is -2.19. The third-order valence-electron chi connectivity index (χ3n) is 1.43. The molecule has 0 atom stereocenters. The van der Waals surface area contributed by atoms with Gasteiger partial charge in [0, 0.05) is 27.2 Å². The first kappa shape index (κ1) is 10.2. The third kappa shape index (κ3) is 3.80. The Kier molecular flexibility index (Phi) is 5.51. The molecule has 0 spiro atoms. The Balaban J connectivity index is 3.77. The van der Waals surface area contributed by atoms with Crippen molar-refractivity contribution in [2.75, 3.05) is 33.9 Å². The Morgan fingerprint density at radius 3 is 2.64 bits per heavy atom. The van der Waals surface area contributed by atoms with Gasteiger partial charge in [-0.1, -0.05) is 0 Å². The maximum absolute atomic E-state index is 11.7. The summed E-state index contributed by atoms with van der Waals surface area (Å²) in [5, 5.41) is 2.87. The molecule has 0 rings (SSSR count). The zero-order valence-corrected chi connectivity index (χ0v) is 7.39. The van der Waals surface area contributed by atoms with E-state index in [0.717, 1.165) is 12.5 Å². The van der Waals surface area contributed by atoms with E-state index in [4.69, 9.17) is 0 Å². The summed E-state index contributed by atoms with van der Waals surface area (Å²) in [5.74, 6) is 0.741. The van der Waals surface area contributed by atoms with Crippen LogP contribution in [0.4, 0.5) is 4.39 Å². The van der Waals surface area contributed by atoms with E-state index in [2.05, 4.69) is 10.3 Å². The summed E-state index contributed by atoms with van der Waals surface area (Å²) in [4.78, 5) is 5.89. The Hall–Kier alpha value is -0.800. The van der Waals surface area contributed by atoms with Gasteiger partial charge in [-0.2, -0.15) is 0 Å². The SMILES string of the molecule is CCN(C)/C(=N\C)NCCF. The van der Waals surface area contributed by atoms with Crippen LogP contribution in [0.5, 0.6) is 0 Å². The second-order valence-electron chi connectivity index (χ2n) is 2.18. The van der Waals surface area contributed by atoms with Crippen molar-refractivity contribution in [3.8, 4) is 0 Å². The third-order valence-corrected chi connectivity index (χ3v) is 1.43. The minimum Gasteiger partial charge on any atom is -0.354 e. The Morgan fingerprint density at radius 2 is 2.27 bits per heavy atom. The average Bonchev–Trinajstić information content (AvgIpc) is 2.05. The zero-order chi connectivity index (χ0) is 8.69. The van der Waals surface area contributed by atoms with E-state index in [9.17, 15) is 4.39 Å². The quantitative estimate of drug-likeness (QED) is 0.481. The molecule has 0 heterocycles. The first-order valence-electron chi connectivity index (χ1n) is 3.74.